The number of aromatic nitrogens is 3. The molecule has 31 heavy (non-hydrogen) atoms. The molecule has 2 aromatic heterocycles. The number of carbonyl (C=O) groups excluding carboxylic acids is 1. The first-order chi connectivity index (χ1) is 14.9. The Morgan fingerprint density at radius 2 is 1.71 bits per heavy atom. The second kappa shape index (κ2) is 7.16. The predicted octanol–water partition coefficient (Wildman–Crippen LogP) is 3.95. The Bertz CT molecular complexity index is 1300. The minimum Gasteiger partial charge on any atom is -0.349 e. The Kier molecular flexibility index (Phi) is 4.43. The lowest BCUT2D eigenvalue weighted by molar-refractivity contribution is -0.112. The number of rotatable bonds is 3. The summed E-state index contributed by atoms with van der Waals surface area (Å²) in [5.41, 5.74) is 3.46. The molecule has 0 fully saturated rings. The normalized spacial score (nSPS) is 16.9. The fraction of sp³-hybridized carbons (Fsp3) is 0.200. The van der Waals surface area contributed by atoms with Gasteiger partial charge in [-0.15, -0.1) is 0 Å². The number of ketones is 1. The monoisotopic (exact) mass is 410 g/mol. The number of pyridine rings is 1. The maximum absolute atomic E-state index is 13.6. The van der Waals surface area contributed by atoms with Crippen molar-refractivity contribution in [1.82, 2.24) is 14.5 Å². The number of benzene rings is 1. The largest absolute Gasteiger partial charge is 0.349 e. The third-order valence-electron chi connectivity index (χ3n) is 5.64. The molecule has 0 saturated carbocycles. The maximum atomic E-state index is 13.6. The summed E-state index contributed by atoms with van der Waals surface area (Å²) in [6.07, 6.45) is 7.26. The predicted molar refractivity (Wildman–Crippen MR) is 121 cm³/mol. The van der Waals surface area contributed by atoms with Crippen molar-refractivity contribution in [3.05, 3.63) is 88.5 Å². The molecular weight excluding hydrogens is 388 g/mol. The quantitative estimate of drug-likeness (QED) is 0.708. The van der Waals surface area contributed by atoms with Gasteiger partial charge in [0.2, 0.25) is 5.95 Å². The van der Waals surface area contributed by atoms with Crippen molar-refractivity contribution in [2.75, 3.05) is 5.32 Å². The van der Waals surface area contributed by atoms with Gasteiger partial charge in [-0.1, -0.05) is 42.5 Å². The molecule has 1 aliphatic heterocycles. The van der Waals surface area contributed by atoms with Crippen LogP contribution >= 0.6 is 0 Å². The van der Waals surface area contributed by atoms with E-state index >= 15 is 0 Å². The van der Waals surface area contributed by atoms with E-state index in [1.807, 2.05) is 62.4 Å². The molecule has 2 aliphatic rings. The molecule has 1 aromatic carbocycles. The smallest absolute Gasteiger partial charge is 0.263 e. The Balaban J connectivity index is 1.71. The summed E-state index contributed by atoms with van der Waals surface area (Å²) < 4.78 is 1.63. The van der Waals surface area contributed by atoms with Gasteiger partial charge in [0.05, 0.1) is 23.3 Å². The fourth-order valence-electron chi connectivity index (χ4n) is 4.17. The van der Waals surface area contributed by atoms with Crippen molar-refractivity contribution in [3.63, 3.8) is 0 Å². The molecule has 154 valence electrons. The minimum absolute atomic E-state index is 0.0821. The topological polar surface area (TPSA) is 76.9 Å². The number of nitrogens with zero attached hydrogens (tertiary/aromatic N) is 3. The van der Waals surface area contributed by atoms with Gasteiger partial charge in [-0.2, -0.15) is 0 Å². The van der Waals surface area contributed by atoms with Gasteiger partial charge >= 0.3 is 0 Å². The molecule has 0 unspecified atom stereocenters. The highest BCUT2D eigenvalue weighted by atomic mass is 16.1. The molecular formula is C25H22N4O2. The number of carbonyl (C=O) groups is 1. The Morgan fingerprint density at radius 1 is 0.968 bits per heavy atom. The highest BCUT2D eigenvalue weighted by molar-refractivity contribution is 6.26. The van der Waals surface area contributed by atoms with Crippen molar-refractivity contribution < 1.29 is 4.79 Å². The first-order valence-electron chi connectivity index (χ1n) is 10.3. The summed E-state index contributed by atoms with van der Waals surface area (Å²) in [5, 5.41) is 3.31. The summed E-state index contributed by atoms with van der Waals surface area (Å²) in [6, 6.07) is 13.4. The van der Waals surface area contributed by atoms with Crippen LogP contribution in [0.4, 0.5) is 5.95 Å². The van der Waals surface area contributed by atoms with Crippen molar-refractivity contribution in [1.29, 1.82) is 0 Å². The maximum Gasteiger partial charge on any atom is 0.263 e. The summed E-state index contributed by atoms with van der Waals surface area (Å²) in [6.45, 7) is 4.53. The first kappa shape index (κ1) is 19.2. The average Bonchev–Trinajstić information content (AvgIpc) is 3.10. The molecule has 3 aromatic rings. The van der Waals surface area contributed by atoms with Crippen molar-refractivity contribution in [3.8, 4) is 11.3 Å². The Morgan fingerprint density at radius 3 is 2.42 bits per heavy atom. The molecule has 0 radical (unpaired) electrons. The van der Waals surface area contributed by atoms with E-state index < -0.39 is 0 Å². The standard InChI is InChI=1S/C25H22N4O2/c1-25(2)15-29-23(31)21(22(27-24(29)28-25)17-10-12-26-13-11-17)19-9-8-18(14-20(19)30)16-6-4-3-5-7-16/h3-13H,14-15H2,1-2H3,(H,27,28). The lowest BCUT2D eigenvalue weighted by Crippen LogP contribution is -2.30. The molecule has 6 nitrogen and oxygen atoms in total. The van der Waals surface area contributed by atoms with E-state index in [0.717, 1.165) is 16.7 Å². The van der Waals surface area contributed by atoms with Crippen LogP contribution in [-0.4, -0.2) is 25.9 Å². The Labute approximate surface area is 180 Å². The van der Waals surface area contributed by atoms with Crippen LogP contribution in [0.5, 0.6) is 0 Å². The summed E-state index contributed by atoms with van der Waals surface area (Å²) >= 11 is 0. The van der Waals surface area contributed by atoms with E-state index in [4.69, 9.17) is 4.98 Å². The van der Waals surface area contributed by atoms with E-state index in [1.165, 1.54) is 0 Å². The number of hydrogen-bond acceptors (Lipinski definition) is 5. The van der Waals surface area contributed by atoms with Crippen molar-refractivity contribution >= 4 is 22.9 Å². The zero-order valence-corrected chi connectivity index (χ0v) is 17.4. The van der Waals surface area contributed by atoms with Gasteiger partial charge in [-0.05, 0) is 37.1 Å². The Hall–Kier alpha value is -3.80. The second-order valence-corrected chi connectivity index (χ2v) is 8.53. The van der Waals surface area contributed by atoms with E-state index in [-0.39, 0.29) is 23.3 Å². The number of Topliss-reactive ketones (excluding diaryl/α,β-unsaturated/α-hetero) is 1. The molecule has 0 saturated heterocycles. The molecule has 0 amide bonds. The number of anilines is 1. The highest BCUT2D eigenvalue weighted by Gasteiger charge is 2.33. The molecule has 0 spiro atoms. The molecule has 3 heterocycles. The minimum atomic E-state index is -0.293. The van der Waals surface area contributed by atoms with Gasteiger partial charge in [0.1, 0.15) is 0 Å². The van der Waals surface area contributed by atoms with E-state index in [2.05, 4.69) is 10.3 Å². The van der Waals surface area contributed by atoms with E-state index in [1.54, 1.807) is 23.0 Å². The molecule has 5 rings (SSSR count). The molecule has 1 aliphatic carbocycles. The van der Waals surface area contributed by atoms with Crippen molar-refractivity contribution in [2.45, 2.75) is 32.4 Å². The zero-order chi connectivity index (χ0) is 21.6. The van der Waals surface area contributed by atoms with Crippen LogP contribution in [0.3, 0.4) is 0 Å². The highest BCUT2D eigenvalue weighted by Crippen LogP contribution is 2.34. The molecule has 1 N–H and O–H groups in total. The first-order valence-corrected chi connectivity index (χ1v) is 10.3. The lowest BCUT2D eigenvalue weighted by atomic mass is 9.88. The van der Waals surface area contributed by atoms with Crippen LogP contribution < -0.4 is 10.9 Å². The summed E-state index contributed by atoms with van der Waals surface area (Å²) in [4.78, 5) is 35.7. The van der Waals surface area contributed by atoms with Crippen LogP contribution in [0.25, 0.3) is 22.4 Å². The number of nitrogens with one attached hydrogen (secondary N) is 1. The van der Waals surface area contributed by atoms with E-state index in [9.17, 15) is 9.59 Å². The van der Waals surface area contributed by atoms with Crippen LogP contribution in [0, 0.1) is 0 Å². The fourth-order valence-corrected chi connectivity index (χ4v) is 4.17. The van der Waals surface area contributed by atoms with Gasteiger partial charge in [-0.3, -0.25) is 19.1 Å². The molecule has 0 bridgehead atoms. The van der Waals surface area contributed by atoms with Gasteiger partial charge < -0.3 is 5.32 Å². The lowest BCUT2D eigenvalue weighted by Gasteiger charge is -2.17. The van der Waals surface area contributed by atoms with Gasteiger partial charge in [-0.25, -0.2) is 4.98 Å². The SMILES string of the molecule is CC1(C)Cn2c(nc(-c3ccncc3)c(C3=CC=C(c4ccccc4)CC3=O)c2=O)N1. The summed E-state index contributed by atoms with van der Waals surface area (Å²) in [5.74, 6) is 0.441. The number of allylic oxidation sites excluding steroid dienone is 4. The summed E-state index contributed by atoms with van der Waals surface area (Å²) in [7, 11) is 0. The van der Waals surface area contributed by atoms with Crippen LogP contribution in [-0.2, 0) is 11.3 Å². The third-order valence-corrected chi connectivity index (χ3v) is 5.64. The molecule has 0 atom stereocenters. The van der Waals surface area contributed by atoms with E-state index in [0.29, 0.717) is 29.3 Å². The van der Waals surface area contributed by atoms with Crippen molar-refractivity contribution in [2.24, 2.45) is 0 Å². The van der Waals surface area contributed by atoms with Gasteiger partial charge in [0, 0.05) is 30.0 Å². The zero-order valence-electron chi connectivity index (χ0n) is 17.4. The third kappa shape index (κ3) is 3.40. The van der Waals surface area contributed by atoms with Crippen LogP contribution in [0.15, 0.2) is 71.8 Å². The van der Waals surface area contributed by atoms with Crippen LogP contribution in [0.2, 0.25) is 0 Å². The van der Waals surface area contributed by atoms with Crippen LogP contribution in [0.1, 0.15) is 31.4 Å². The molecule has 6 heteroatoms. The number of hydrogen-bond donors (Lipinski definition) is 1. The number of fused-ring (bicyclic) bond motifs is 1. The van der Waals surface area contributed by atoms with Gasteiger partial charge in [0.25, 0.3) is 5.56 Å². The van der Waals surface area contributed by atoms with Gasteiger partial charge in [0.15, 0.2) is 5.78 Å². The second-order valence-electron chi connectivity index (χ2n) is 8.53. The average molecular weight is 410 g/mol.